The third kappa shape index (κ3) is 10.5. The van der Waals surface area contributed by atoms with Crippen molar-refractivity contribution in [3.8, 4) is 23.1 Å². The number of aryl methyl sites for hydroxylation is 2. The molecule has 0 bridgehead atoms. The Balaban J connectivity index is 0.930. The molecule has 1 amide bonds. The van der Waals surface area contributed by atoms with E-state index in [-0.39, 0.29) is 5.91 Å². The number of benzene rings is 4. The topological polar surface area (TPSA) is 64.1 Å². The third-order valence-corrected chi connectivity index (χ3v) is 9.80. The average molecular weight is 757 g/mol. The number of amides is 1. The minimum Gasteiger partial charge on any atom is -0.493 e. The second-order valence-electron chi connectivity index (χ2n) is 12.8. The number of nitrogens with zero attached hydrogens (tertiary/aromatic N) is 3. The van der Waals surface area contributed by atoms with E-state index in [9.17, 15) is 4.79 Å². The maximum Gasteiger partial charge on any atom is 0.246 e. The average Bonchev–Trinajstić information content (AvgIpc) is 3.15. The van der Waals surface area contributed by atoms with E-state index in [0.717, 1.165) is 42.7 Å². The predicted octanol–water partition coefficient (Wildman–Crippen LogP) is 10.0. The van der Waals surface area contributed by atoms with Crippen LogP contribution in [0.1, 0.15) is 33.4 Å². The molecule has 5 aromatic rings. The van der Waals surface area contributed by atoms with E-state index in [1.54, 1.807) is 42.6 Å². The number of aromatic nitrogens is 1. The molecule has 1 aromatic heterocycles. The Hall–Kier alpha value is -4.53. The monoisotopic (exact) mass is 755 g/mol. The van der Waals surface area contributed by atoms with E-state index < -0.39 is 0 Å². The fourth-order valence-corrected chi connectivity index (χ4v) is 6.37. The van der Waals surface area contributed by atoms with E-state index in [0.29, 0.717) is 64.5 Å². The molecule has 1 aliphatic rings. The van der Waals surface area contributed by atoms with E-state index in [1.807, 2.05) is 42.2 Å². The van der Waals surface area contributed by atoms with Gasteiger partial charge in [0, 0.05) is 57.4 Å². The summed E-state index contributed by atoms with van der Waals surface area (Å²) >= 11 is 18.7. The summed E-state index contributed by atoms with van der Waals surface area (Å²) in [5.74, 6) is 2.26. The van der Waals surface area contributed by atoms with Gasteiger partial charge in [-0.05, 0) is 78.1 Å². The number of halogens is 3. The summed E-state index contributed by atoms with van der Waals surface area (Å²) in [5.41, 5.74) is 6.39. The van der Waals surface area contributed by atoms with Crippen LogP contribution in [0.25, 0.3) is 6.08 Å². The summed E-state index contributed by atoms with van der Waals surface area (Å²) in [6.45, 7) is 8.78. The van der Waals surface area contributed by atoms with Crippen LogP contribution in [0.4, 0.5) is 0 Å². The van der Waals surface area contributed by atoms with Crippen LogP contribution in [0.15, 0.2) is 103 Å². The molecule has 1 fully saturated rings. The largest absolute Gasteiger partial charge is 0.493 e. The van der Waals surface area contributed by atoms with Crippen molar-refractivity contribution < 1.29 is 19.0 Å². The molecule has 0 radical (unpaired) electrons. The van der Waals surface area contributed by atoms with Gasteiger partial charge in [0.05, 0.1) is 27.9 Å². The molecule has 0 atom stereocenters. The molecule has 1 saturated heterocycles. The second kappa shape index (κ2) is 17.8. The Morgan fingerprint density at radius 3 is 2.15 bits per heavy atom. The molecule has 0 N–H and O–H groups in total. The van der Waals surface area contributed by atoms with E-state index >= 15 is 0 Å². The number of carbonyl (C=O) groups excluding carboxylic acids is 1. The maximum atomic E-state index is 13.1. The standard InChI is InChI=1S/C42H40Cl3N3O4/c1-29-3-5-33(6-4-29)28-51-36-13-15-40(46-26-36)52-42-30(2)23-34(24-39(42)45)11-16-41(49)48-20-18-47(19-21-48)27-32-9-7-31(8-10-32)17-22-50-35-12-14-37(43)38(44)25-35/h3-16,23-26H,17-22,27-28H2,1-2H3. The van der Waals surface area contributed by atoms with Crippen LogP contribution in [0, 0.1) is 13.8 Å². The van der Waals surface area contributed by atoms with E-state index in [1.165, 1.54) is 16.7 Å². The van der Waals surface area contributed by atoms with Gasteiger partial charge in [0.2, 0.25) is 11.8 Å². The van der Waals surface area contributed by atoms with Crippen LogP contribution in [0.5, 0.6) is 23.1 Å². The van der Waals surface area contributed by atoms with Gasteiger partial charge in [0.15, 0.2) is 5.75 Å². The highest BCUT2D eigenvalue weighted by Gasteiger charge is 2.20. The fraction of sp³-hybridized carbons (Fsp3) is 0.238. The highest BCUT2D eigenvalue weighted by Crippen LogP contribution is 2.34. The first-order chi connectivity index (χ1) is 25.2. The van der Waals surface area contributed by atoms with Crippen molar-refractivity contribution >= 4 is 46.8 Å². The number of hydrogen-bond donors (Lipinski definition) is 0. The quantitative estimate of drug-likeness (QED) is 0.112. The van der Waals surface area contributed by atoms with E-state index in [2.05, 4.69) is 53.2 Å². The van der Waals surface area contributed by atoms with Crippen LogP contribution in [0.3, 0.4) is 0 Å². The van der Waals surface area contributed by atoms with Gasteiger partial charge in [-0.15, -0.1) is 0 Å². The van der Waals surface area contributed by atoms with Crippen molar-refractivity contribution in [2.75, 3.05) is 32.8 Å². The van der Waals surface area contributed by atoms with Crippen LogP contribution in [0.2, 0.25) is 15.1 Å². The number of piperazine rings is 1. The Bertz CT molecular complexity index is 1970. The predicted molar refractivity (Wildman–Crippen MR) is 209 cm³/mol. The molecular weight excluding hydrogens is 717 g/mol. The molecule has 2 heterocycles. The van der Waals surface area contributed by atoms with Gasteiger partial charge < -0.3 is 19.1 Å². The molecule has 7 nitrogen and oxygen atoms in total. The van der Waals surface area contributed by atoms with Crippen molar-refractivity contribution in [1.82, 2.24) is 14.8 Å². The molecule has 1 aliphatic heterocycles. The maximum absolute atomic E-state index is 13.1. The fourth-order valence-electron chi connectivity index (χ4n) is 5.77. The minimum absolute atomic E-state index is 0.0184. The summed E-state index contributed by atoms with van der Waals surface area (Å²) in [6.07, 6.45) is 5.83. The van der Waals surface area contributed by atoms with Crippen molar-refractivity contribution in [2.24, 2.45) is 0 Å². The summed E-state index contributed by atoms with van der Waals surface area (Å²) in [4.78, 5) is 21.7. The van der Waals surface area contributed by atoms with Gasteiger partial charge in [-0.2, -0.15) is 0 Å². The van der Waals surface area contributed by atoms with Crippen molar-refractivity contribution in [2.45, 2.75) is 33.4 Å². The Morgan fingerprint density at radius 1 is 0.750 bits per heavy atom. The first kappa shape index (κ1) is 37.2. The lowest BCUT2D eigenvalue weighted by molar-refractivity contribution is -0.127. The molecule has 10 heteroatoms. The molecule has 0 unspecified atom stereocenters. The first-order valence-electron chi connectivity index (χ1n) is 17.2. The summed E-state index contributed by atoms with van der Waals surface area (Å²) in [7, 11) is 0. The zero-order chi connectivity index (χ0) is 36.5. The lowest BCUT2D eigenvalue weighted by atomic mass is 10.1. The minimum atomic E-state index is -0.0184. The van der Waals surface area contributed by atoms with E-state index in [4.69, 9.17) is 49.0 Å². The zero-order valence-corrected chi connectivity index (χ0v) is 31.4. The SMILES string of the molecule is Cc1ccc(COc2ccc(Oc3c(C)cc(C=CC(=O)N4CCN(Cc5ccc(CCOc6ccc(Cl)c(Cl)c6)cc5)CC4)cc3Cl)nc2)cc1. The highest BCUT2D eigenvalue weighted by molar-refractivity contribution is 6.42. The van der Waals surface area contributed by atoms with Crippen molar-refractivity contribution in [3.05, 3.63) is 152 Å². The van der Waals surface area contributed by atoms with Crippen LogP contribution >= 0.6 is 34.8 Å². The lowest BCUT2D eigenvalue weighted by Gasteiger charge is -2.34. The summed E-state index contributed by atoms with van der Waals surface area (Å²) < 4.78 is 17.7. The van der Waals surface area contributed by atoms with Gasteiger partial charge in [-0.1, -0.05) is 88.9 Å². The van der Waals surface area contributed by atoms with Crippen molar-refractivity contribution in [1.29, 1.82) is 0 Å². The molecule has 52 heavy (non-hydrogen) atoms. The smallest absolute Gasteiger partial charge is 0.246 e. The first-order valence-corrected chi connectivity index (χ1v) is 18.3. The molecule has 268 valence electrons. The second-order valence-corrected chi connectivity index (χ2v) is 14.0. The summed E-state index contributed by atoms with van der Waals surface area (Å²) in [5, 5.41) is 1.43. The number of pyridine rings is 1. The number of rotatable bonds is 13. The van der Waals surface area contributed by atoms with Crippen LogP contribution in [-0.4, -0.2) is 53.5 Å². The van der Waals surface area contributed by atoms with Gasteiger partial charge in [0.25, 0.3) is 0 Å². The number of carbonyl (C=O) groups is 1. The Labute approximate surface area is 320 Å². The number of ether oxygens (including phenoxy) is 3. The Kier molecular flexibility index (Phi) is 12.7. The van der Waals surface area contributed by atoms with Gasteiger partial charge in [0.1, 0.15) is 18.1 Å². The van der Waals surface area contributed by atoms with Gasteiger partial charge in [-0.25, -0.2) is 4.98 Å². The van der Waals surface area contributed by atoms with Gasteiger partial charge in [-0.3, -0.25) is 9.69 Å². The summed E-state index contributed by atoms with van der Waals surface area (Å²) in [6, 6.07) is 29.4. The molecule has 0 spiro atoms. The molecular formula is C42H40Cl3N3O4. The van der Waals surface area contributed by atoms with Gasteiger partial charge >= 0.3 is 0 Å². The normalized spacial score (nSPS) is 13.4. The molecule has 0 aliphatic carbocycles. The van der Waals surface area contributed by atoms with Crippen LogP contribution < -0.4 is 14.2 Å². The Morgan fingerprint density at radius 2 is 1.46 bits per heavy atom. The zero-order valence-electron chi connectivity index (χ0n) is 29.2. The number of hydrogen-bond acceptors (Lipinski definition) is 6. The highest BCUT2D eigenvalue weighted by atomic mass is 35.5. The van der Waals surface area contributed by atoms with Crippen LogP contribution in [-0.2, 0) is 24.4 Å². The molecule has 6 rings (SSSR count). The van der Waals surface area contributed by atoms with Crippen molar-refractivity contribution in [3.63, 3.8) is 0 Å². The molecule has 4 aromatic carbocycles. The lowest BCUT2D eigenvalue weighted by Crippen LogP contribution is -2.47. The third-order valence-electron chi connectivity index (χ3n) is 8.78. The molecule has 0 saturated carbocycles.